The van der Waals surface area contributed by atoms with Gasteiger partial charge in [-0.3, -0.25) is 19.9 Å². The van der Waals surface area contributed by atoms with Crippen LogP contribution >= 0.6 is 15.9 Å². The molecule has 5 aromatic heterocycles. The molecule has 1 aliphatic rings. The lowest BCUT2D eigenvalue weighted by Gasteiger charge is -2.09. The molecule has 0 aliphatic heterocycles. The summed E-state index contributed by atoms with van der Waals surface area (Å²) in [7, 11) is 0. The van der Waals surface area contributed by atoms with Gasteiger partial charge in [-0.15, -0.1) is 0 Å². The van der Waals surface area contributed by atoms with E-state index in [-0.39, 0.29) is 0 Å². The Hall–Kier alpha value is -7.28. The van der Waals surface area contributed by atoms with Crippen molar-refractivity contribution in [1.29, 1.82) is 0 Å². The normalized spacial score (nSPS) is 11.4. The summed E-state index contributed by atoms with van der Waals surface area (Å²) in [4.78, 5) is 17.5. The molecule has 11 aromatic rings. The van der Waals surface area contributed by atoms with E-state index in [2.05, 4.69) is 163 Å². The van der Waals surface area contributed by atoms with Gasteiger partial charge in [0, 0.05) is 33.8 Å². The van der Waals surface area contributed by atoms with Gasteiger partial charge in [0.25, 0.3) is 0 Å². The molecule has 0 fully saturated rings. The highest BCUT2D eigenvalue weighted by Crippen LogP contribution is 2.41. The average molecular weight is 823 g/mol. The van der Waals surface area contributed by atoms with Gasteiger partial charge in [-0.2, -0.15) is 0 Å². The number of para-hydroxylation sites is 1. The van der Waals surface area contributed by atoms with Gasteiger partial charge in [0.15, 0.2) is 0 Å². The second-order valence-corrected chi connectivity index (χ2v) is 15.3. The minimum absolute atomic E-state index is 0.876. The van der Waals surface area contributed by atoms with Crippen molar-refractivity contribution in [1.82, 2.24) is 24.5 Å². The molecule has 5 heterocycles. The lowest BCUT2D eigenvalue weighted by atomic mass is 9.98. The van der Waals surface area contributed by atoms with Gasteiger partial charge in [-0.1, -0.05) is 121 Å². The number of halogens is 1. The van der Waals surface area contributed by atoms with E-state index in [1.54, 1.807) is 18.6 Å². The molecule has 0 unspecified atom stereocenters. The molecule has 280 valence electrons. The van der Waals surface area contributed by atoms with E-state index in [9.17, 15) is 0 Å². The Morgan fingerprint density at radius 3 is 1.69 bits per heavy atom. The van der Waals surface area contributed by atoms with Crippen molar-refractivity contribution in [2.45, 2.75) is 6.42 Å². The largest absolute Gasteiger partial charge is 0.308 e. The molecular formula is C53H36BrN5. The van der Waals surface area contributed by atoms with Crippen LogP contribution in [0.15, 0.2) is 211 Å². The van der Waals surface area contributed by atoms with E-state index in [1.807, 2.05) is 60.8 Å². The topological polar surface area (TPSA) is 56.5 Å². The van der Waals surface area contributed by atoms with Crippen LogP contribution < -0.4 is 0 Å². The maximum atomic E-state index is 4.70. The molecule has 0 atom stereocenters. The molecule has 0 saturated carbocycles. The van der Waals surface area contributed by atoms with E-state index in [0.717, 1.165) is 39.4 Å². The first kappa shape index (κ1) is 36.1. The summed E-state index contributed by atoms with van der Waals surface area (Å²) < 4.78 is 3.28. The molecular weight excluding hydrogens is 787 g/mol. The Balaban J connectivity index is 0.000000118. The zero-order valence-corrected chi connectivity index (χ0v) is 33.5. The maximum absolute atomic E-state index is 4.70. The fourth-order valence-electron chi connectivity index (χ4n) is 8.15. The summed E-state index contributed by atoms with van der Waals surface area (Å²) in [6.07, 6.45) is 8.34. The van der Waals surface area contributed by atoms with Gasteiger partial charge in [-0.05, 0) is 127 Å². The van der Waals surface area contributed by atoms with E-state index >= 15 is 0 Å². The number of hydrogen-bond donors (Lipinski definition) is 0. The molecule has 0 spiro atoms. The van der Waals surface area contributed by atoms with Gasteiger partial charge in [0.2, 0.25) is 0 Å². The molecule has 0 radical (unpaired) electrons. The minimum Gasteiger partial charge on any atom is -0.308 e. The first-order chi connectivity index (χ1) is 29.2. The van der Waals surface area contributed by atoms with E-state index in [0.29, 0.717) is 0 Å². The number of pyridine rings is 4. The first-order valence-electron chi connectivity index (χ1n) is 19.6. The maximum Gasteiger partial charge on any atom is 0.0887 e. The highest BCUT2D eigenvalue weighted by molar-refractivity contribution is 9.10. The third-order valence-electron chi connectivity index (χ3n) is 10.8. The summed E-state index contributed by atoms with van der Waals surface area (Å²) in [6.45, 7) is 0. The first-order valence-corrected chi connectivity index (χ1v) is 20.4. The third kappa shape index (κ3) is 7.05. The predicted octanol–water partition coefficient (Wildman–Crippen LogP) is 13.7. The number of hydrogen-bond acceptors (Lipinski definition) is 4. The van der Waals surface area contributed by atoms with Crippen LogP contribution in [0, 0.1) is 0 Å². The van der Waals surface area contributed by atoms with E-state index in [4.69, 9.17) is 4.98 Å². The predicted molar refractivity (Wildman–Crippen MR) is 247 cm³/mol. The Kier molecular flexibility index (Phi) is 9.74. The zero-order chi connectivity index (χ0) is 39.5. The molecule has 0 bridgehead atoms. The summed E-state index contributed by atoms with van der Waals surface area (Å²) >= 11 is 3.34. The van der Waals surface area contributed by atoms with Gasteiger partial charge in [0.05, 0.1) is 45.7 Å². The quantitative estimate of drug-likeness (QED) is 0.178. The molecule has 6 heteroatoms. The zero-order valence-electron chi connectivity index (χ0n) is 32.0. The monoisotopic (exact) mass is 821 g/mol. The number of benzene rings is 6. The molecule has 0 N–H and O–H groups in total. The standard InChI is InChI=1S/C26H17N3.C17H12.C10H7BrN2/c1-2-8-20-18(7-1)12-15-25-26(20)21-9-3-4-11-24(21)29(25)19-13-14-23(28-17-19)22-10-5-6-16-27-22;1-3-7-15-12(5-1)9-10-14-11-13-6-2-4-8-16(13)17(14)15;11-8-4-5-10(13-7-8)9-3-1-2-6-12-9/h1-17H;1-10H,11H2;1-7H. The van der Waals surface area contributed by atoms with Gasteiger partial charge in [0.1, 0.15) is 0 Å². The van der Waals surface area contributed by atoms with Gasteiger partial charge in [-0.25, -0.2) is 0 Å². The Bertz CT molecular complexity index is 3230. The van der Waals surface area contributed by atoms with E-state index < -0.39 is 0 Å². The molecule has 59 heavy (non-hydrogen) atoms. The highest BCUT2D eigenvalue weighted by Gasteiger charge is 2.20. The van der Waals surface area contributed by atoms with E-state index in [1.165, 1.54) is 65.6 Å². The summed E-state index contributed by atoms with van der Waals surface area (Å²) in [6, 6.07) is 63.2. The van der Waals surface area contributed by atoms with Crippen LogP contribution in [0.2, 0.25) is 0 Å². The fraction of sp³-hybridized carbons (Fsp3) is 0.0189. The van der Waals surface area contributed by atoms with Gasteiger partial charge < -0.3 is 4.57 Å². The van der Waals surface area contributed by atoms with Crippen molar-refractivity contribution in [2.75, 3.05) is 0 Å². The van der Waals surface area contributed by atoms with Crippen molar-refractivity contribution < 1.29 is 0 Å². The van der Waals surface area contributed by atoms with Crippen LogP contribution in [0.5, 0.6) is 0 Å². The minimum atomic E-state index is 0.876. The number of nitrogens with zero attached hydrogens (tertiary/aromatic N) is 5. The molecule has 5 nitrogen and oxygen atoms in total. The van der Waals surface area contributed by atoms with Crippen LogP contribution in [-0.4, -0.2) is 24.5 Å². The van der Waals surface area contributed by atoms with Crippen LogP contribution in [0.25, 0.3) is 82.9 Å². The Labute approximate surface area is 350 Å². The van der Waals surface area contributed by atoms with Crippen LogP contribution in [0.4, 0.5) is 0 Å². The van der Waals surface area contributed by atoms with Crippen LogP contribution in [-0.2, 0) is 6.42 Å². The van der Waals surface area contributed by atoms with Crippen molar-refractivity contribution in [3.05, 3.63) is 222 Å². The second-order valence-electron chi connectivity index (χ2n) is 14.4. The van der Waals surface area contributed by atoms with Gasteiger partial charge >= 0.3 is 0 Å². The van der Waals surface area contributed by atoms with Crippen LogP contribution in [0.3, 0.4) is 0 Å². The number of rotatable bonds is 3. The lowest BCUT2D eigenvalue weighted by Crippen LogP contribution is -1.96. The lowest BCUT2D eigenvalue weighted by molar-refractivity contribution is 1.14. The van der Waals surface area contributed by atoms with Crippen molar-refractivity contribution in [3.63, 3.8) is 0 Å². The SMILES string of the molecule is Brc1ccc(-c2ccccn2)nc1.c1ccc(-c2ccc(-n3c4ccccc4c4c5ccccc5ccc43)cn2)nc1.c1ccc2c(c1)Cc1ccc3ccccc3c1-2. The number of aromatic nitrogens is 5. The summed E-state index contributed by atoms with van der Waals surface area (Å²) in [5.74, 6) is 0. The second kappa shape index (κ2) is 15.9. The molecule has 0 saturated heterocycles. The molecule has 12 rings (SSSR count). The molecule has 0 amide bonds. The highest BCUT2D eigenvalue weighted by atomic mass is 79.9. The summed E-state index contributed by atoms with van der Waals surface area (Å²) in [5.41, 5.74) is 12.8. The van der Waals surface area contributed by atoms with Crippen LogP contribution in [0.1, 0.15) is 11.1 Å². The Morgan fingerprint density at radius 2 is 1.00 bits per heavy atom. The Morgan fingerprint density at radius 1 is 0.407 bits per heavy atom. The van der Waals surface area contributed by atoms with Crippen molar-refractivity contribution in [3.8, 4) is 39.6 Å². The average Bonchev–Trinajstić information content (AvgIpc) is 3.87. The summed E-state index contributed by atoms with van der Waals surface area (Å²) in [5, 5.41) is 7.79. The third-order valence-corrected chi connectivity index (χ3v) is 11.3. The molecule has 6 aromatic carbocycles. The van der Waals surface area contributed by atoms with Crippen molar-refractivity contribution >= 4 is 59.3 Å². The van der Waals surface area contributed by atoms with Crippen molar-refractivity contribution in [2.24, 2.45) is 0 Å². The fourth-order valence-corrected chi connectivity index (χ4v) is 8.38. The smallest absolute Gasteiger partial charge is 0.0887 e. The molecule has 1 aliphatic carbocycles. The number of fused-ring (bicyclic) bond motifs is 10.